The van der Waals surface area contributed by atoms with Gasteiger partial charge < -0.3 is 25.2 Å². The monoisotopic (exact) mass is 330 g/mol. The molecule has 136 valence electrons. The Morgan fingerprint density at radius 1 is 0.913 bits per heavy atom. The van der Waals surface area contributed by atoms with Crippen LogP contribution in [0.5, 0.6) is 0 Å². The number of aliphatic hydroxyl groups is 4. The summed E-state index contributed by atoms with van der Waals surface area (Å²) in [7, 11) is 0. The van der Waals surface area contributed by atoms with Crippen LogP contribution in [0, 0.1) is 10.8 Å². The van der Waals surface area contributed by atoms with Gasteiger partial charge in [-0.05, 0) is 25.7 Å². The van der Waals surface area contributed by atoms with Crippen molar-refractivity contribution in [2.75, 3.05) is 26.4 Å². The van der Waals surface area contributed by atoms with Crippen molar-refractivity contribution >= 4 is 0 Å². The molecule has 1 spiro atoms. The molecule has 2 unspecified atom stereocenters. The van der Waals surface area contributed by atoms with Crippen molar-refractivity contribution in [1.29, 1.82) is 0 Å². The molecule has 0 aromatic heterocycles. The smallest absolute Gasteiger partial charge is 0.0851 e. The van der Waals surface area contributed by atoms with Gasteiger partial charge in [0.1, 0.15) is 0 Å². The Labute approximate surface area is 139 Å². The van der Waals surface area contributed by atoms with E-state index >= 15 is 0 Å². The summed E-state index contributed by atoms with van der Waals surface area (Å²) in [4.78, 5) is 0. The lowest BCUT2D eigenvalue weighted by molar-refractivity contribution is -0.0667. The molecule has 0 aromatic rings. The lowest BCUT2D eigenvalue weighted by Crippen LogP contribution is -2.42. The normalized spacial score (nSPS) is 30.5. The molecule has 3 fully saturated rings. The van der Waals surface area contributed by atoms with Gasteiger partial charge >= 0.3 is 0 Å². The van der Waals surface area contributed by atoms with E-state index in [1.165, 1.54) is 38.5 Å². The number of rotatable bonds is 3. The second-order valence-corrected chi connectivity index (χ2v) is 7.73. The molecule has 0 bridgehead atoms. The van der Waals surface area contributed by atoms with Gasteiger partial charge in [0.15, 0.2) is 0 Å². The Morgan fingerprint density at radius 2 is 1.48 bits per heavy atom. The summed E-state index contributed by atoms with van der Waals surface area (Å²) >= 11 is 0. The van der Waals surface area contributed by atoms with Crippen LogP contribution in [-0.2, 0) is 4.74 Å². The first-order valence-corrected chi connectivity index (χ1v) is 9.24. The lowest BCUT2D eigenvalue weighted by Gasteiger charge is -2.38. The maximum Gasteiger partial charge on any atom is 0.0851 e. The molecule has 5 nitrogen and oxygen atoms in total. The minimum atomic E-state index is -0.747. The van der Waals surface area contributed by atoms with Crippen molar-refractivity contribution in [1.82, 2.24) is 0 Å². The third kappa shape index (κ3) is 4.45. The van der Waals surface area contributed by atoms with Crippen LogP contribution in [0.3, 0.4) is 0 Å². The van der Waals surface area contributed by atoms with Crippen LogP contribution in [-0.4, -0.2) is 59.1 Å². The third-order valence-corrected chi connectivity index (χ3v) is 6.27. The highest BCUT2D eigenvalue weighted by Crippen LogP contribution is 2.42. The third-order valence-electron chi connectivity index (χ3n) is 6.27. The standard InChI is InChI=1S/C9H18O3.C9H16O2/c10-6-8(12)9(7-11)4-2-1-3-5-9;10-8-6-11-7-9(8)4-2-1-3-5-9/h8,10-12H,1-7H2;8,10H,1-7H2. The van der Waals surface area contributed by atoms with Crippen molar-refractivity contribution in [2.45, 2.75) is 76.4 Å². The molecule has 3 rings (SSSR count). The van der Waals surface area contributed by atoms with Crippen molar-refractivity contribution in [3.8, 4) is 0 Å². The summed E-state index contributed by atoms with van der Waals surface area (Å²) in [5.74, 6) is 0. The summed E-state index contributed by atoms with van der Waals surface area (Å²) in [6.45, 7) is 1.13. The average molecular weight is 330 g/mol. The summed E-state index contributed by atoms with van der Waals surface area (Å²) in [5.41, 5.74) is -0.245. The van der Waals surface area contributed by atoms with Crippen LogP contribution in [0.4, 0.5) is 0 Å². The molecule has 3 aliphatic rings. The van der Waals surface area contributed by atoms with E-state index < -0.39 is 11.5 Å². The van der Waals surface area contributed by atoms with E-state index in [-0.39, 0.29) is 24.7 Å². The molecule has 2 saturated carbocycles. The topological polar surface area (TPSA) is 90.2 Å². The number of ether oxygens (including phenoxy) is 1. The molecule has 23 heavy (non-hydrogen) atoms. The zero-order valence-electron chi connectivity index (χ0n) is 14.3. The molecule has 1 heterocycles. The lowest BCUT2D eigenvalue weighted by atomic mass is 9.71. The Kier molecular flexibility index (Phi) is 7.29. The maximum absolute atomic E-state index is 9.68. The van der Waals surface area contributed by atoms with Crippen LogP contribution >= 0.6 is 0 Å². The Morgan fingerprint density at radius 3 is 1.91 bits per heavy atom. The fraction of sp³-hybridized carbons (Fsp3) is 1.00. The van der Waals surface area contributed by atoms with E-state index in [0.29, 0.717) is 6.61 Å². The van der Waals surface area contributed by atoms with E-state index in [9.17, 15) is 15.3 Å². The first-order valence-electron chi connectivity index (χ1n) is 9.24. The van der Waals surface area contributed by atoms with E-state index in [2.05, 4.69) is 0 Å². The predicted octanol–water partition coefficient (Wildman–Crippen LogP) is 1.61. The second kappa shape index (κ2) is 8.77. The first kappa shape index (κ1) is 19.1. The highest BCUT2D eigenvalue weighted by Gasteiger charge is 2.43. The minimum absolute atomic E-state index is 0.00523. The predicted molar refractivity (Wildman–Crippen MR) is 88.0 cm³/mol. The molecule has 1 saturated heterocycles. The van der Waals surface area contributed by atoms with E-state index in [1.54, 1.807) is 0 Å². The summed E-state index contributed by atoms with van der Waals surface area (Å²) in [6.07, 6.45) is 10.3. The fourth-order valence-corrected chi connectivity index (χ4v) is 4.43. The second-order valence-electron chi connectivity index (χ2n) is 7.73. The summed E-state index contributed by atoms with van der Waals surface area (Å²) in [5, 5.41) is 37.2. The highest BCUT2D eigenvalue weighted by atomic mass is 16.5. The number of hydrogen-bond acceptors (Lipinski definition) is 5. The van der Waals surface area contributed by atoms with Gasteiger partial charge in [0, 0.05) is 10.8 Å². The quantitative estimate of drug-likeness (QED) is 0.631. The van der Waals surface area contributed by atoms with Crippen molar-refractivity contribution in [3.63, 3.8) is 0 Å². The molecule has 5 heteroatoms. The van der Waals surface area contributed by atoms with Crippen LogP contribution in [0.1, 0.15) is 64.2 Å². The van der Waals surface area contributed by atoms with Gasteiger partial charge in [-0.25, -0.2) is 0 Å². The molecule has 1 aliphatic heterocycles. The molecule has 0 aromatic carbocycles. The van der Waals surface area contributed by atoms with Gasteiger partial charge in [0.25, 0.3) is 0 Å². The SMILES string of the molecule is OC1COCC12CCCCC2.OCC(O)C1(CO)CCCCC1. The molecule has 2 atom stereocenters. The van der Waals surface area contributed by atoms with E-state index in [1.807, 2.05) is 0 Å². The van der Waals surface area contributed by atoms with E-state index in [0.717, 1.165) is 32.3 Å². The number of hydrogen-bond donors (Lipinski definition) is 4. The maximum atomic E-state index is 9.68. The fourth-order valence-electron chi connectivity index (χ4n) is 4.43. The first-order chi connectivity index (χ1) is 11.1. The molecule has 2 aliphatic carbocycles. The molecule has 0 amide bonds. The van der Waals surface area contributed by atoms with Gasteiger partial charge in [0.05, 0.1) is 38.6 Å². The van der Waals surface area contributed by atoms with Crippen LogP contribution in [0.25, 0.3) is 0 Å². The summed E-state index contributed by atoms with van der Waals surface area (Å²) in [6, 6.07) is 0. The Bertz CT molecular complexity index is 334. The molecular formula is C18H34O5. The van der Waals surface area contributed by atoms with Gasteiger partial charge in [-0.1, -0.05) is 38.5 Å². The van der Waals surface area contributed by atoms with Gasteiger partial charge in [-0.2, -0.15) is 0 Å². The van der Waals surface area contributed by atoms with Gasteiger partial charge in [-0.15, -0.1) is 0 Å². The molecule has 4 N–H and O–H groups in total. The number of aliphatic hydroxyl groups excluding tert-OH is 4. The molecule has 0 radical (unpaired) electrons. The van der Waals surface area contributed by atoms with E-state index in [4.69, 9.17) is 9.84 Å². The van der Waals surface area contributed by atoms with Gasteiger partial charge in [-0.3, -0.25) is 0 Å². The zero-order valence-corrected chi connectivity index (χ0v) is 14.3. The highest BCUT2D eigenvalue weighted by molar-refractivity contribution is 4.92. The zero-order chi connectivity index (χ0) is 16.8. The van der Waals surface area contributed by atoms with Crippen molar-refractivity contribution in [3.05, 3.63) is 0 Å². The summed E-state index contributed by atoms with van der Waals surface area (Å²) < 4.78 is 5.30. The van der Waals surface area contributed by atoms with Crippen LogP contribution < -0.4 is 0 Å². The van der Waals surface area contributed by atoms with Crippen molar-refractivity contribution in [2.24, 2.45) is 10.8 Å². The largest absolute Gasteiger partial charge is 0.396 e. The van der Waals surface area contributed by atoms with Gasteiger partial charge in [0.2, 0.25) is 0 Å². The average Bonchev–Trinajstić information content (AvgIpc) is 2.96. The Hall–Kier alpha value is -0.200. The van der Waals surface area contributed by atoms with Crippen molar-refractivity contribution < 1.29 is 25.2 Å². The minimum Gasteiger partial charge on any atom is -0.396 e. The van der Waals surface area contributed by atoms with Crippen LogP contribution in [0.2, 0.25) is 0 Å². The van der Waals surface area contributed by atoms with Crippen LogP contribution in [0.15, 0.2) is 0 Å². The Balaban J connectivity index is 0.000000167. The molecular weight excluding hydrogens is 296 g/mol.